The van der Waals surface area contributed by atoms with E-state index in [-0.39, 0.29) is 6.61 Å². The van der Waals surface area contributed by atoms with Crippen LogP contribution in [-0.2, 0) is 0 Å². The van der Waals surface area contributed by atoms with E-state index in [4.69, 9.17) is 10.4 Å². The number of thioether (sulfide) groups is 1. The highest BCUT2D eigenvalue weighted by Crippen LogP contribution is 2.08. The smallest absolute Gasteiger partial charge is 0.183 e. The molecule has 0 aliphatic rings. The van der Waals surface area contributed by atoms with E-state index in [0.717, 1.165) is 12.8 Å². The van der Waals surface area contributed by atoms with Crippen LogP contribution in [0.15, 0.2) is 4.99 Å². The van der Waals surface area contributed by atoms with Crippen LogP contribution >= 0.6 is 11.8 Å². The van der Waals surface area contributed by atoms with Gasteiger partial charge in [0, 0.05) is 13.2 Å². The summed E-state index contributed by atoms with van der Waals surface area (Å²) >= 11 is 1.42. The zero-order valence-corrected chi connectivity index (χ0v) is 9.47. The zero-order valence-electron chi connectivity index (χ0n) is 8.66. The van der Waals surface area contributed by atoms with Crippen LogP contribution in [0.4, 0.5) is 0 Å². The average molecular weight is 215 g/mol. The van der Waals surface area contributed by atoms with Crippen molar-refractivity contribution in [1.82, 2.24) is 5.32 Å². The van der Waals surface area contributed by atoms with Crippen molar-refractivity contribution in [2.45, 2.75) is 19.8 Å². The van der Waals surface area contributed by atoms with Crippen LogP contribution in [0.5, 0.6) is 0 Å². The second kappa shape index (κ2) is 8.85. The fourth-order valence-corrected chi connectivity index (χ4v) is 1.37. The Hall–Kier alpha value is -0.730. The van der Waals surface area contributed by atoms with Gasteiger partial charge in [-0.05, 0) is 18.6 Å². The maximum absolute atomic E-state index is 8.77. The first-order chi connectivity index (χ1) is 6.78. The Labute approximate surface area is 89.4 Å². The lowest BCUT2D eigenvalue weighted by Crippen LogP contribution is -2.16. The van der Waals surface area contributed by atoms with Gasteiger partial charge in [-0.2, -0.15) is 5.26 Å². The molecule has 0 saturated heterocycles. The summed E-state index contributed by atoms with van der Waals surface area (Å²) < 4.78 is 0. The van der Waals surface area contributed by atoms with Crippen LogP contribution in [0.2, 0.25) is 0 Å². The summed E-state index contributed by atoms with van der Waals surface area (Å²) in [5, 5.41) is 20.3. The average Bonchev–Trinajstić information content (AvgIpc) is 2.22. The SMILES string of the molecule is CCC(CCO)CN=C(NC#N)SC. The fraction of sp³-hybridized carbons (Fsp3) is 0.778. The lowest BCUT2D eigenvalue weighted by molar-refractivity contribution is 0.256. The molecule has 0 aromatic carbocycles. The number of hydrogen-bond acceptors (Lipinski definition) is 4. The molecule has 1 atom stereocenters. The van der Waals surface area contributed by atoms with E-state index in [0.29, 0.717) is 17.6 Å². The summed E-state index contributed by atoms with van der Waals surface area (Å²) in [6.45, 7) is 2.95. The summed E-state index contributed by atoms with van der Waals surface area (Å²) in [6, 6.07) is 0. The maximum atomic E-state index is 8.77. The number of aliphatic hydroxyl groups excluding tert-OH is 1. The predicted octanol–water partition coefficient (Wildman–Crippen LogP) is 1.18. The van der Waals surface area contributed by atoms with Crippen LogP contribution in [0.1, 0.15) is 19.8 Å². The standard InChI is InChI=1S/C9H17N3OS/c1-3-8(4-5-13)6-11-9(14-2)12-7-10/h8,13H,3-6H2,1-2H3,(H,11,12). The van der Waals surface area contributed by atoms with Gasteiger partial charge < -0.3 is 5.11 Å². The van der Waals surface area contributed by atoms with Crippen LogP contribution in [-0.4, -0.2) is 29.7 Å². The Morgan fingerprint density at radius 2 is 2.43 bits per heavy atom. The van der Waals surface area contributed by atoms with Gasteiger partial charge in [0.15, 0.2) is 11.4 Å². The number of nitriles is 1. The maximum Gasteiger partial charge on any atom is 0.183 e. The Bertz CT molecular complexity index is 213. The molecule has 5 heteroatoms. The number of aliphatic hydroxyl groups is 1. The highest BCUT2D eigenvalue weighted by molar-refractivity contribution is 8.13. The molecular formula is C9H17N3OS. The molecule has 80 valence electrons. The van der Waals surface area contributed by atoms with Crippen molar-refractivity contribution in [3.8, 4) is 6.19 Å². The summed E-state index contributed by atoms with van der Waals surface area (Å²) in [5.41, 5.74) is 0. The highest BCUT2D eigenvalue weighted by atomic mass is 32.2. The van der Waals surface area contributed by atoms with Crippen LogP contribution in [0.3, 0.4) is 0 Å². The monoisotopic (exact) mass is 215 g/mol. The van der Waals surface area contributed by atoms with Gasteiger partial charge in [0.05, 0.1) is 0 Å². The van der Waals surface area contributed by atoms with Crippen molar-refractivity contribution in [3.63, 3.8) is 0 Å². The van der Waals surface area contributed by atoms with E-state index < -0.39 is 0 Å². The number of amidine groups is 1. The summed E-state index contributed by atoms with van der Waals surface area (Å²) in [4.78, 5) is 4.26. The molecule has 14 heavy (non-hydrogen) atoms. The van der Waals surface area contributed by atoms with Gasteiger partial charge >= 0.3 is 0 Å². The van der Waals surface area contributed by atoms with Crippen molar-refractivity contribution in [1.29, 1.82) is 5.26 Å². The van der Waals surface area contributed by atoms with Gasteiger partial charge in [0.2, 0.25) is 0 Å². The minimum absolute atomic E-state index is 0.203. The Morgan fingerprint density at radius 1 is 1.71 bits per heavy atom. The minimum atomic E-state index is 0.203. The van der Waals surface area contributed by atoms with Crippen LogP contribution < -0.4 is 5.32 Å². The van der Waals surface area contributed by atoms with Gasteiger partial charge in [-0.1, -0.05) is 25.1 Å². The molecule has 0 aliphatic heterocycles. The summed E-state index contributed by atoms with van der Waals surface area (Å²) in [6.07, 6.45) is 5.48. The number of aliphatic imine (C=N–C) groups is 1. The van der Waals surface area contributed by atoms with Crippen LogP contribution in [0.25, 0.3) is 0 Å². The van der Waals surface area contributed by atoms with Crippen molar-refractivity contribution >= 4 is 16.9 Å². The molecule has 0 aromatic rings. The number of hydrogen-bond donors (Lipinski definition) is 2. The zero-order chi connectivity index (χ0) is 10.8. The van der Waals surface area contributed by atoms with Crippen molar-refractivity contribution in [2.24, 2.45) is 10.9 Å². The Morgan fingerprint density at radius 3 is 2.86 bits per heavy atom. The van der Waals surface area contributed by atoms with Gasteiger partial charge in [-0.25, -0.2) is 0 Å². The first-order valence-corrected chi connectivity index (χ1v) is 5.85. The molecule has 0 heterocycles. The largest absolute Gasteiger partial charge is 0.396 e. The minimum Gasteiger partial charge on any atom is -0.396 e. The highest BCUT2D eigenvalue weighted by Gasteiger charge is 2.04. The van der Waals surface area contributed by atoms with Gasteiger partial charge in [0.25, 0.3) is 0 Å². The third kappa shape index (κ3) is 5.84. The second-order valence-electron chi connectivity index (χ2n) is 2.87. The molecule has 0 fully saturated rings. The normalized spacial score (nSPS) is 13.4. The van der Waals surface area contributed by atoms with E-state index in [9.17, 15) is 0 Å². The van der Waals surface area contributed by atoms with Gasteiger partial charge in [-0.3, -0.25) is 10.3 Å². The molecule has 1 unspecified atom stereocenters. The number of nitrogens with one attached hydrogen (secondary N) is 1. The van der Waals surface area contributed by atoms with Crippen molar-refractivity contribution in [2.75, 3.05) is 19.4 Å². The molecule has 4 nitrogen and oxygen atoms in total. The van der Waals surface area contributed by atoms with Gasteiger partial charge in [0.1, 0.15) is 0 Å². The molecule has 2 N–H and O–H groups in total. The molecule has 0 aromatic heterocycles. The number of rotatable bonds is 5. The molecule has 0 saturated carbocycles. The summed E-state index contributed by atoms with van der Waals surface area (Å²) in [7, 11) is 0. The first kappa shape index (κ1) is 13.3. The Balaban J connectivity index is 4.01. The molecule has 0 bridgehead atoms. The molecule has 0 radical (unpaired) electrons. The van der Waals surface area contributed by atoms with Crippen LogP contribution in [0, 0.1) is 17.4 Å². The van der Waals surface area contributed by atoms with E-state index >= 15 is 0 Å². The number of nitrogens with zero attached hydrogens (tertiary/aromatic N) is 2. The molecule has 0 spiro atoms. The third-order valence-electron chi connectivity index (χ3n) is 1.96. The lowest BCUT2D eigenvalue weighted by Gasteiger charge is -2.10. The Kier molecular flexibility index (Phi) is 8.39. The third-order valence-corrected chi connectivity index (χ3v) is 2.58. The molecular weight excluding hydrogens is 198 g/mol. The van der Waals surface area contributed by atoms with Crippen molar-refractivity contribution in [3.05, 3.63) is 0 Å². The quantitative estimate of drug-likeness (QED) is 0.313. The topological polar surface area (TPSA) is 68.4 Å². The van der Waals surface area contributed by atoms with E-state index in [1.165, 1.54) is 11.8 Å². The second-order valence-corrected chi connectivity index (χ2v) is 3.67. The lowest BCUT2D eigenvalue weighted by atomic mass is 10.0. The molecule has 0 amide bonds. The first-order valence-electron chi connectivity index (χ1n) is 4.62. The predicted molar refractivity (Wildman–Crippen MR) is 60.0 cm³/mol. The van der Waals surface area contributed by atoms with Crippen molar-refractivity contribution < 1.29 is 5.11 Å². The van der Waals surface area contributed by atoms with Gasteiger partial charge in [-0.15, -0.1) is 0 Å². The molecule has 0 aliphatic carbocycles. The van der Waals surface area contributed by atoms with E-state index in [1.807, 2.05) is 12.4 Å². The summed E-state index contributed by atoms with van der Waals surface area (Å²) in [5.74, 6) is 0.405. The van der Waals surface area contributed by atoms with E-state index in [2.05, 4.69) is 17.2 Å². The molecule has 0 rings (SSSR count). The van der Waals surface area contributed by atoms with E-state index in [1.54, 1.807) is 0 Å². The fourth-order valence-electron chi connectivity index (χ4n) is 1.02.